The lowest BCUT2D eigenvalue weighted by Crippen LogP contribution is -2.31. The largest absolute Gasteiger partial charge is 0.453 e. The molecule has 4 nitrogen and oxygen atoms in total. The molecule has 1 aromatic carbocycles. The van der Waals surface area contributed by atoms with E-state index in [9.17, 15) is 9.59 Å². The summed E-state index contributed by atoms with van der Waals surface area (Å²) >= 11 is 3.32. The summed E-state index contributed by atoms with van der Waals surface area (Å²) in [6.07, 6.45) is -0.531. The van der Waals surface area contributed by atoms with E-state index in [2.05, 4.69) is 21.2 Å². The van der Waals surface area contributed by atoms with E-state index >= 15 is 0 Å². The number of ether oxygens (including phenoxy) is 1. The number of halogens is 1. The van der Waals surface area contributed by atoms with E-state index in [-0.39, 0.29) is 23.7 Å². The number of nitrogens with one attached hydrogen (secondary N) is 1. The molecule has 20 heavy (non-hydrogen) atoms. The monoisotopic (exact) mass is 341 g/mol. The van der Waals surface area contributed by atoms with Gasteiger partial charge >= 0.3 is 5.97 Å². The normalized spacial score (nSPS) is 12.7. The van der Waals surface area contributed by atoms with Crippen molar-refractivity contribution in [2.75, 3.05) is 5.32 Å². The Morgan fingerprint density at radius 1 is 1.25 bits per heavy atom. The number of carbonyl (C=O) groups excluding carboxylic acids is 2. The molecule has 0 aliphatic carbocycles. The zero-order chi connectivity index (χ0) is 15.3. The van der Waals surface area contributed by atoms with E-state index in [0.29, 0.717) is 5.69 Å². The number of hydrogen-bond acceptors (Lipinski definition) is 3. The van der Waals surface area contributed by atoms with Gasteiger partial charge in [0.15, 0.2) is 6.10 Å². The van der Waals surface area contributed by atoms with E-state index in [1.807, 2.05) is 32.9 Å². The van der Waals surface area contributed by atoms with Crippen molar-refractivity contribution in [3.05, 3.63) is 28.7 Å². The Morgan fingerprint density at radius 3 is 2.30 bits per heavy atom. The fourth-order valence-corrected chi connectivity index (χ4v) is 1.77. The Morgan fingerprint density at radius 2 is 1.80 bits per heavy atom. The number of benzene rings is 1. The van der Waals surface area contributed by atoms with Gasteiger partial charge in [0, 0.05) is 10.2 Å². The molecule has 1 N–H and O–H groups in total. The van der Waals surface area contributed by atoms with Crippen molar-refractivity contribution in [1.29, 1.82) is 0 Å². The fourth-order valence-electron chi connectivity index (χ4n) is 1.50. The van der Waals surface area contributed by atoms with Crippen LogP contribution in [0.2, 0.25) is 0 Å². The summed E-state index contributed by atoms with van der Waals surface area (Å²) < 4.78 is 6.05. The van der Waals surface area contributed by atoms with Crippen molar-refractivity contribution in [2.45, 2.75) is 40.2 Å². The molecule has 1 amide bonds. The third-order valence-electron chi connectivity index (χ3n) is 2.46. The maximum atomic E-state index is 11.9. The summed E-state index contributed by atoms with van der Waals surface area (Å²) in [5, 5.41) is 2.70. The summed E-state index contributed by atoms with van der Waals surface area (Å²) in [4.78, 5) is 23.6. The molecular formula is C15H20BrNO3. The minimum absolute atomic E-state index is 0.154. The number of hydrogen-bond donors (Lipinski definition) is 1. The molecule has 0 fully saturated rings. The summed E-state index contributed by atoms with van der Waals surface area (Å²) in [6, 6.07) is 7.19. The van der Waals surface area contributed by atoms with Crippen LogP contribution < -0.4 is 5.32 Å². The predicted octanol–water partition coefficient (Wildman–Crippen LogP) is 3.76. The highest BCUT2D eigenvalue weighted by molar-refractivity contribution is 9.10. The highest BCUT2D eigenvalue weighted by atomic mass is 79.9. The van der Waals surface area contributed by atoms with Crippen LogP contribution in [0, 0.1) is 5.41 Å². The molecule has 0 bridgehead atoms. The van der Waals surface area contributed by atoms with E-state index in [1.54, 1.807) is 19.1 Å². The maximum Gasteiger partial charge on any atom is 0.307 e. The predicted molar refractivity (Wildman–Crippen MR) is 82.4 cm³/mol. The van der Waals surface area contributed by atoms with Crippen molar-refractivity contribution in [2.24, 2.45) is 5.41 Å². The second-order valence-corrected chi connectivity index (χ2v) is 6.78. The first-order valence-electron chi connectivity index (χ1n) is 6.43. The Labute approximate surface area is 128 Å². The molecule has 0 aliphatic heterocycles. The molecule has 0 aliphatic rings. The van der Waals surface area contributed by atoms with Gasteiger partial charge in [0.05, 0.1) is 6.42 Å². The first-order valence-corrected chi connectivity index (χ1v) is 7.22. The minimum Gasteiger partial charge on any atom is -0.453 e. The van der Waals surface area contributed by atoms with Gasteiger partial charge in [-0.2, -0.15) is 0 Å². The van der Waals surface area contributed by atoms with Gasteiger partial charge in [0.2, 0.25) is 0 Å². The van der Waals surface area contributed by atoms with Gasteiger partial charge in [-0.25, -0.2) is 0 Å². The molecular weight excluding hydrogens is 322 g/mol. The van der Waals surface area contributed by atoms with Gasteiger partial charge < -0.3 is 10.1 Å². The quantitative estimate of drug-likeness (QED) is 0.848. The third kappa shape index (κ3) is 6.19. The molecule has 0 saturated heterocycles. The van der Waals surface area contributed by atoms with Crippen LogP contribution in [-0.2, 0) is 14.3 Å². The Kier molecular flexibility index (Phi) is 5.74. The average molecular weight is 342 g/mol. The molecule has 5 heteroatoms. The van der Waals surface area contributed by atoms with E-state index in [4.69, 9.17) is 4.74 Å². The summed E-state index contributed by atoms with van der Waals surface area (Å²) in [6.45, 7) is 7.40. The lowest BCUT2D eigenvalue weighted by atomic mass is 9.92. The summed E-state index contributed by atoms with van der Waals surface area (Å²) in [5.41, 5.74) is 0.510. The molecule has 0 aromatic heterocycles. The Hall–Kier alpha value is -1.36. The summed E-state index contributed by atoms with van der Waals surface area (Å²) in [7, 11) is 0. The fraction of sp³-hybridized carbons (Fsp3) is 0.467. The van der Waals surface area contributed by atoms with Gasteiger partial charge in [-0.15, -0.1) is 0 Å². The number of esters is 1. The van der Waals surface area contributed by atoms with Crippen LogP contribution in [-0.4, -0.2) is 18.0 Å². The van der Waals surface area contributed by atoms with E-state index < -0.39 is 6.10 Å². The minimum atomic E-state index is -0.812. The van der Waals surface area contributed by atoms with Crippen LogP contribution in [0.5, 0.6) is 0 Å². The highest BCUT2D eigenvalue weighted by Gasteiger charge is 2.22. The van der Waals surface area contributed by atoms with Crippen molar-refractivity contribution >= 4 is 33.5 Å². The second kappa shape index (κ2) is 6.88. The molecule has 110 valence electrons. The molecule has 0 unspecified atom stereocenters. The number of amides is 1. The zero-order valence-electron chi connectivity index (χ0n) is 12.2. The highest BCUT2D eigenvalue weighted by Crippen LogP contribution is 2.19. The SMILES string of the molecule is C[C@@H](OC(=O)CC(C)(C)C)C(=O)Nc1ccc(Br)cc1. The first-order chi connectivity index (χ1) is 9.17. The van der Waals surface area contributed by atoms with Crippen LogP contribution in [0.15, 0.2) is 28.7 Å². The summed E-state index contributed by atoms with van der Waals surface area (Å²) in [5.74, 6) is -0.703. The molecule has 0 saturated carbocycles. The van der Waals surface area contributed by atoms with Crippen LogP contribution in [0.4, 0.5) is 5.69 Å². The molecule has 0 heterocycles. The van der Waals surface area contributed by atoms with Crippen molar-refractivity contribution < 1.29 is 14.3 Å². The molecule has 1 aromatic rings. The van der Waals surface area contributed by atoms with Gasteiger partial charge in [-0.3, -0.25) is 9.59 Å². The lowest BCUT2D eigenvalue weighted by Gasteiger charge is -2.19. The van der Waals surface area contributed by atoms with Crippen molar-refractivity contribution in [1.82, 2.24) is 0 Å². The number of carbonyl (C=O) groups is 2. The smallest absolute Gasteiger partial charge is 0.307 e. The molecule has 0 spiro atoms. The van der Waals surface area contributed by atoms with E-state index in [1.165, 1.54) is 0 Å². The maximum absolute atomic E-state index is 11.9. The zero-order valence-corrected chi connectivity index (χ0v) is 13.8. The number of anilines is 1. The van der Waals surface area contributed by atoms with Crippen LogP contribution >= 0.6 is 15.9 Å². The van der Waals surface area contributed by atoms with Crippen LogP contribution in [0.3, 0.4) is 0 Å². The molecule has 1 atom stereocenters. The van der Waals surface area contributed by atoms with E-state index in [0.717, 1.165) is 4.47 Å². The van der Waals surface area contributed by atoms with Gasteiger partial charge in [-0.1, -0.05) is 36.7 Å². The average Bonchev–Trinajstić information content (AvgIpc) is 2.29. The van der Waals surface area contributed by atoms with Crippen molar-refractivity contribution in [3.63, 3.8) is 0 Å². The molecule has 1 rings (SSSR count). The van der Waals surface area contributed by atoms with Gasteiger partial charge in [-0.05, 0) is 36.6 Å². The Bertz CT molecular complexity index is 477. The Balaban J connectivity index is 2.51. The topological polar surface area (TPSA) is 55.4 Å². The third-order valence-corrected chi connectivity index (χ3v) is 2.99. The number of rotatable bonds is 4. The van der Waals surface area contributed by atoms with Gasteiger partial charge in [0.1, 0.15) is 0 Å². The standard InChI is InChI=1S/C15H20BrNO3/c1-10(20-13(18)9-15(2,3)4)14(19)17-12-7-5-11(16)6-8-12/h5-8,10H,9H2,1-4H3,(H,17,19)/t10-/m1/s1. The second-order valence-electron chi connectivity index (χ2n) is 5.87. The van der Waals surface area contributed by atoms with Crippen LogP contribution in [0.25, 0.3) is 0 Å². The van der Waals surface area contributed by atoms with Crippen molar-refractivity contribution in [3.8, 4) is 0 Å². The van der Waals surface area contributed by atoms with Crippen LogP contribution in [0.1, 0.15) is 34.1 Å². The lowest BCUT2D eigenvalue weighted by molar-refractivity contribution is -0.154. The molecule has 0 radical (unpaired) electrons. The first kappa shape index (κ1) is 16.7. The van der Waals surface area contributed by atoms with Gasteiger partial charge in [0.25, 0.3) is 5.91 Å².